The average molecular weight is 251 g/mol. The van der Waals surface area contributed by atoms with Crippen LogP contribution in [0.4, 0.5) is 0 Å². The molecular weight excluding hydrogens is 230 g/mol. The molecule has 2 rings (SSSR count). The summed E-state index contributed by atoms with van der Waals surface area (Å²) in [5.41, 5.74) is 2.80. The molecule has 1 heterocycles. The summed E-state index contributed by atoms with van der Waals surface area (Å²) in [4.78, 5) is 2.40. The summed E-state index contributed by atoms with van der Waals surface area (Å²) in [6.45, 7) is 5.16. The molecule has 3 heteroatoms. The van der Waals surface area contributed by atoms with E-state index in [1.165, 1.54) is 24.0 Å². The van der Waals surface area contributed by atoms with Crippen LogP contribution in [0.2, 0.25) is 0 Å². The van der Waals surface area contributed by atoms with Crippen LogP contribution in [-0.4, -0.2) is 33.7 Å². The number of benzene rings is 1. The van der Waals surface area contributed by atoms with Gasteiger partial charge in [0.2, 0.25) is 0 Å². The highest BCUT2D eigenvalue weighted by molar-refractivity contribution is 7.85. The fraction of sp³-hybridized carbons (Fsp3) is 0.571. The molecular formula is C14H21NOS. The Hall–Kier alpha value is -0.670. The smallest absolute Gasteiger partial charge is 0.0363 e. The van der Waals surface area contributed by atoms with Crippen LogP contribution in [0.25, 0.3) is 0 Å². The maximum Gasteiger partial charge on any atom is 0.0363 e. The second kappa shape index (κ2) is 6.31. The minimum atomic E-state index is -0.567. The molecule has 0 radical (unpaired) electrons. The monoisotopic (exact) mass is 251 g/mol. The lowest BCUT2D eigenvalue weighted by Gasteiger charge is -2.26. The Bertz CT molecular complexity index is 364. The zero-order valence-electron chi connectivity index (χ0n) is 10.5. The van der Waals surface area contributed by atoms with Crippen LogP contribution in [0.3, 0.4) is 0 Å². The number of rotatable bonds is 4. The van der Waals surface area contributed by atoms with Crippen LogP contribution in [-0.2, 0) is 23.8 Å². The van der Waals surface area contributed by atoms with Gasteiger partial charge in [-0.15, -0.1) is 0 Å². The Morgan fingerprint density at radius 3 is 2.29 bits per heavy atom. The van der Waals surface area contributed by atoms with Crippen molar-refractivity contribution < 1.29 is 4.21 Å². The summed E-state index contributed by atoms with van der Waals surface area (Å²) >= 11 is 0. The van der Waals surface area contributed by atoms with Gasteiger partial charge in [0.05, 0.1) is 0 Å². The second-order valence-corrected chi connectivity index (χ2v) is 6.39. The van der Waals surface area contributed by atoms with E-state index >= 15 is 0 Å². The van der Waals surface area contributed by atoms with Crippen molar-refractivity contribution in [1.82, 2.24) is 4.90 Å². The molecule has 0 unspecified atom stereocenters. The van der Waals surface area contributed by atoms with E-state index in [0.29, 0.717) is 0 Å². The normalized spacial score (nSPS) is 18.4. The van der Waals surface area contributed by atoms with E-state index in [0.717, 1.165) is 31.1 Å². The van der Waals surface area contributed by atoms with Crippen LogP contribution < -0.4 is 0 Å². The van der Waals surface area contributed by atoms with Gasteiger partial charge in [-0.1, -0.05) is 37.6 Å². The van der Waals surface area contributed by atoms with E-state index in [-0.39, 0.29) is 0 Å². The van der Waals surface area contributed by atoms with Crippen molar-refractivity contribution in [2.24, 2.45) is 0 Å². The number of nitrogens with zero attached hydrogens (tertiary/aromatic N) is 1. The van der Waals surface area contributed by atoms with E-state index in [1.54, 1.807) is 0 Å². The standard InChI is InChI=1S/C14H21NOS/c1-2-3-13-4-6-14(7-5-13)12-15-8-10-17(16)11-9-15/h4-7H,2-3,8-12H2,1H3. The first kappa shape index (κ1) is 12.8. The number of hydrogen-bond acceptors (Lipinski definition) is 2. The summed E-state index contributed by atoms with van der Waals surface area (Å²) in [6.07, 6.45) is 2.38. The summed E-state index contributed by atoms with van der Waals surface area (Å²) in [5, 5.41) is 0. The van der Waals surface area contributed by atoms with Gasteiger partial charge in [-0.2, -0.15) is 0 Å². The third-order valence-corrected chi connectivity index (χ3v) is 4.51. The molecule has 1 aromatic rings. The third-order valence-electron chi connectivity index (χ3n) is 3.24. The maximum absolute atomic E-state index is 11.3. The molecule has 0 atom stereocenters. The molecule has 94 valence electrons. The zero-order chi connectivity index (χ0) is 12.1. The SMILES string of the molecule is CCCc1ccc(CN2CCS(=O)CC2)cc1. The first-order valence-corrected chi connectivity index (χ1v) is 7.92. The topological polar surface area (TPSA) is 20.3 Å². The van der Waals surface area contributed by atoms with E-state index in [9.17, 15) is 4.21 Å². The summed E-state index contributed by atoms with van der Waals surface area (Å²) in [7, 11) is -0.567. The first-order chi connectivity index (χ1) is 8.28. The fourth-order valence-corrected chi connectivity index (χ4v) is 3.32. The summed E-state index contributed by atoms with van der Waals surface area (Å²) < 4.78 is 11.3. The van der Waals surface area contributed by atoms with Crippen molar-refractivity contribution in [2.75, 3.05) is 24.6 Å². The van der Waals surface area contributed by atoms with Crippen LogP contribution in [0, 0.1) is 0 Å². The van der Waals surface area contributed by atoms with Crippen LogP contribution in [0.15, 0.2) is 24.3 Å². The highest BCUT2D eigenvalue weighted by Crippen LogP contribution is 2.10. The molecule has 0 bridgehead atoms. The van der Waals surface area contributed by atoms with E-state index in [4.69, 9.17) is 0 Å². The fourth-order valence-electron chi connectivity index (χ4n) is 2.19. The Kier molecular flexibility index (Phi) is 4.75. The largest absolute Gasteiger partial charge is 0.297 e. The van der Waals surface area contributed by atoms with Crippen molar-refractivity contribution in [2.45, 2.75) is 26.3 Å². The van der Waals surface area contributed by atoms with E-state index in [1.807, 2.05) is 0 Å². The van der Waals surface area contributed by atoms with Gasteiger partial charge in [0.25, 0.3) is 0 Å². The van der Waals surface area contributed by atoms with E-state index < -0.39 is 10.8 Å². The second-order valence-electron chi connectivity index (χ2n) is 4.69. The molecule has 1 aliphatic rings. The van der Waals surface area contributed by atoms with Gasteiger partial charge >= 0.3 is 0 Å². The predicted molar refractivity (Wildman–Crippen MR) is 73.6 cm³/mol. The van der Waals surface area contributed by atoms with Gasteiger partial charge in [0, 0.05) is 41.9 Å². The van der Waals surface area contributed by atoms with Crippen LogP contribution in [0.1, 0.15) is 24.5 Å². The lowest BCUT2D eigenvalue weighted by Crippen LogP contribution is -2.37. The summed E-state index contributed by atoms with van der Waals surface area (Å²) in [6, 6.07) is 8.94. The maximum atomic E-state index is 11.3. The molecule has 1 aromatic carbocycles. The Morgan fingerprint density at radius 2 is 1.71 bits per heavy atom. The highest BCUT2D eigenvalue weighted by atomic mass is 32.2. The van der Waals surface area contributed by atoms with Gasteiger partial charge in [-0.05, 0) is 17.5 Å². The van der Waals surface area contributed by atoms with Gasteiger partial charge in [0.1, 0.15) is 0 Å². The van der Waals surface area contributed by atoms with Crippen molar-refractivity contribution in [3.63, 3.8) is 0 Å². The number of hydrogen-bond donors (Lipinski definition) is 0. The molecule has 0 aromatic heterocycles. The Balaban J connectivity index is 1.88. The molecule has 0 spiro atoms. The van der Waals surface area contributed by atoms with Crippen LogP contribution in [0.5, 0.6) is 0 Å². The van der Waals surface area contributed by atoms with Crippen molar-refractivity contribution in [3.05, 3.63) is 35.4 Å². The van der Waals surface area contributed by atoms with Crippen LogP contribution >= 0.6 is 0 Å². The Labute approximate surface area is 106 Å². The van der Waals surface area contributed by atoms with Crippen molar-refractivity contribution >= 4 is 10.8 Å². The quantitative estimate of drug-likeness (QED) is 0.817. The molecule has 1 saturated heterocycles. The zero-order valence-corrected chi connectivity index (χ0v) is 11.3. The average Bonchev–Trinajstić information content (AvgIpc) is 2.35. The molecule has 0 N–H and O–H groups in total. The molecule has 0 aliphatic carbocycles. The van der Waals surface area contributed by atoms with E-state index in [2.05, 4.69) is 36.1 Å². The molecule has 2 nitrogen and oxygen atoms in total. The van der Waals surface area contributed by atoms with Crippen molar-refractivity contribution in [3.8, 4) is 0 Å². The molecule has 1 fully saturated rings. The molecule has 0 amide bonds. The lowest BCUT2D eigenvalue weighted by atomic mass is 10.1. The Morgan fingerprint density at radius 1 is 1.12 bits per heavy atom. The number of aryl methyl sites for hydroxylation is 1. The van der Waals surface area contributed by atoms with Gasteiger partial charge in [-0.3, -0.25) is 9.11 Å². The van der Waals surface area contributed by atoms with Gasteiger partial charge < -0.3 is 0 Å². The molecule has 0 saturated carbocycles. The molecule has 17 heavy (non-hydrogen) atoms. The lowest BCUT2D eigenvalue weighted by molar-refractivity contribution is 0.291. The predicted octanol–water partition coefficient (Wildman–Crippen LogP) is 2.20. The van der Waals surface area contributed by atoms with Gasteiger partial charge in [0.15, 0.2) is 0 Å². The minimum Gasteiger partial charge on any atom is -0.297 e. The summed E-state index contributed by atoms with van der Waals surface area (Å²) in [5.74, 6) is 1.68. The van der Waals surface area contributed by atoms with Gasteiger partial charge in [-0.25, -0.2) is 0 Å². The van der Waals surface area contributed by atoms with Crippen molar-refractivity contribution in [1.29, 1.82) is 0 Å². The highest BCUT2D eigenvalue weighted by Gasteiger charge is 2.14. The molecule has 1 aliphatic heterocycles. The third kappa shape index (κ3) is 3.93. The first-order valence-electron chi connectivity index (χ1n) is 6.43. The minimum absolute atomic E-state index is 0.567.